The van der Waals surface area contributed by atoms with Crippen molar-refractivity contribution in [2.45, 2.75) is 26.8 Å². The minimum atomic E-state index is 0.0975. The van der Waals surface area contributed by atoms with Gasteiger partial charge >= 0.3 is 4.87 Å². The van der Waals surface area contributed by atoms with E-state index in [1.807, 2.05) is 13.8 Å². The van der Waals surface area contributed by atoms with Gasteiger partial charge in [0, 0.05) is 23.5 Å². The van der Waals surface area contributed by atoms with Crippen LogP contribution in [0.4, 0.5) is 0 Å². The summed E-state index contributed by atoms with van der Waals surface area (Å²) in [5.41, 5.74) is 1.04. The highest BCUT2D eigenvalue weighted by Gasteiger charge is 2.05. The number of aromatic nitrogens is 1. The van der Waals surface area contributed by atoms with Gasteiger partial charge in [0.1, 0.15) is 0 Å². The maximum atomic E-state index is 11.3. The predicted octanol–water partition coefficient (Wildman–Crippen LogP) is 1.55. The van der Waals surface area contributed by atoms with E-state index in [4.69, 9.17) is 6.42 Å². The molecule has 12 heavy (non-hydrogen) atoms. The quantitative estimate of drug-likeness (QED) is 0.634. The molecular formula is C9H11NOS. The van der Waals surface area contributed by atoms with Crippen molar-refractivity contribution in [2.24, 2.45) is 0 Å². The largest absolute Gasteiger partial charge is 0.307 e. The van der Waals surface area contributed by atoms with E-state index in [-0.39, 0.29) is 4.87 Å². The normalized spacial score (nSPS) is 9.75. The Bertz CT molecular complexity index is 367. The zero-order chi connectivity index (χ0) is 9.14. The van der Waals surface area contributed by atoms with Gasteiger partial charge in [0.2, 0.25) is 0 Å². The van der Waals surface area contributed by atoms with Crippen molar-refractivity contribution in [1.29, 1.82) is 0 Å². The number of rotatable bonds is 2. The standard InChI is InChI=1S/C9H11NOS/c1-4-5-6-10-7(2)8(3)12-9(10)11/h1H,5-6H2,2-3H3. The Morgan fingerprint density at radius 3 is 2.67 bits per heavy atom. The van der Waals surface area contributed by atoms with Crippen molar-refractivity contribution in [3.63, 3.8) is 0 Å². The molecule has 1 rings (SSSR count). The SMILES string of the molecule is C#CCCn1c(C)c(C)sc1=O. The maximum absolute atomic E-state index is 11.3. The number of hydrogen-bond donors (Lipinski definition) is 0. The summed E-state index contributed by atoms with van der Waals surface area (Å²) < 4.78 is 1.74. The first-order valence-corrected chi connectivity index (χ1v) is 4.58. The Morgan fingerprint density at radius 2 is 2.25 bits per heavy atom. The molecule has 1 aromatic rings. The van der Waals surface area contributed by atoms with Crippen LogP contribution in [0.2, 0.25) is 0 Å². The predicted molar refractivity (Wildman–Crippen MR) is 51.5 cm³/mol. The zero-order valence-corrected chi connectivity index (χ0v) is 8.07. The molecule has 0 aliphatic rings. The molecule has 1 aromatic heterocycles. The van der Waals surface area contributed by atoms with Gasteiger partial charge in [-0.05, 0) is 13.8 Å². The molecule has 0 aliphatic carbocycles. The number of thiazole rings is 1. The monoisotopic (exact) mass is 181 g/mol. The van der Waals surface area contributed by atoms with E-state index in [1.165, 1.54) is 11.3 Å². The van der Waals surface area contributed by atoms with Crippen LogP contribution in [0.1, 0.15) is 17.0 Å². The van der Waals surface area contributed by atoms with Crippen LogP contribution in [0.15, 0.2) is 4.79 Å². The first-order valence-electron chi connectivity index (χ1n) is 3.77. The molecule has 64 valence electrons. The molecule has 0 radical (unpaired) electrons. The topological polar surface area (TPSA) is 22.0 Å². The van der Waals surface area contributed by atoms with E-state index in [0.717, 1.165) is 10.6 Å². The van der Waals surface area contributed by atoms with Gasteiger partial charge in [-0.2, -0.15) is 0 Å². The summed E-state index contributed by atoms with van der Waals surface area (Å²) in [5.74, 6) is 2.52. The van der Waals surface area contributed by atoms with Crippen LogP contribution in [0, 0.1) is 26.2 Å². The third-order valence-electron chi connectivity index (χ3n) is 1.85. The number of terminal acetylenes is 1. The fourth-order valence-corrected chi connectivity index (χ4v) is 1.88. The minimum Gasteiger partial charge on any atom is -0.302 e. The van der Waals surface area contributed by atoms with Crippen molar-refractivity contribution < 1.29 is 0 Å². The summed E-state index contributed by atoms with van der Waals surface area (Å²) in [6.45, 7) is 4.54. The third-order valence-corrected chi connectivity index (χ3v) is 2.85. The van der Waals surface area contributed by atoms with Crippen molar-refractivity contribution in [1.82, 2.24) is 4.57 Å². The summed E-state index contributed by atoms with van der Waals surface area (Å²) in [5, 5.41) is 0. The highest BCUT2D eigenvalue weighted by Crippen LogP contribution is 2.09. The molecule has 0 aliphatic heterocycles. The van der Waals surface area contributed by atoms with Gasteiger partial charge in [-0.1, -0.05) is 11.3 Å². The summed E-state index contributed by atoms with van der Waals surface area (Å²) in [7, 11) is 0. The molecule has 0 aromatic carbocycles. The highest BCUT2D eigenvalue weighted by molar-refractivity contribution is 7.09. The van der Waals surface area contributed by atoms with Crippen molar-refractivity contribution >= 4 is 11.3 Å². The number of aryl methyl sites for hydroxylation is 1. The van der Waals surface area contributed by atoms with Gasteiger partial charge in [-0.3, -0.25) is 4.79 Å². The molecule has 0 unspecified atom stereocenters. The van der Waals surface area contributed by atoms with Crippen LogP contribution in [0.25, 0.3) is 0 Å². The first-order chi connectivity index (χ1) is 5.66. The molecule has 0 N–H and O–H groups in total. The Morgan fingerprint density at radius 1 is 1.58 bits per heavy atom. The van der Waals surface area contributed by atoms with Gasteiger partial charge in [-0.25, -0.2) is 0 Å². The van der Waals surface area contributed by atoms with Crippen LogP contribution < -0.4 is 4.87 Å². The number of nitrogens with zero attached hydrogens (tertiary/aromatic N) is 1. The second kappa shape index (κ2) is 3.59. The molecule has 3 heteroatoms. The van der Waals surface area contributed by atoms with Gasteiger partial charge in [0.05, 0.1) is 0 Å². The molecular weight excluding hydrogens is 170 g/mol. The van der Waals surface area contributed by atoms with E-state index in [0.29, 0.717) is 13.0 Å². The molecule has 0 fully saturated rings. The van der Waals surface area contributed by atoms with Crippen LogP contribution in [-0.2, 0) is 6.54 Å². The average Bonchev–Trinajstić information content (AvgIpc) is 2.25. The highest BCUT2D eigenvalue weighted by atomic mass is 32.1. The molecule has 0 amide bonds. The van der Waals surface area contributed by atoms with Crippen LogP contribution >= 0.6 is 11.3 Å². The third kappa shape index (κ3) is 1.59. The molecule has 0 bridgehead atoms. The van der Waals surface area contributed by atoms with Crippen molar-refractivity contribution in [3.05, 3.63) is 20.2 Å². The van der Waals surface area contributed by atoms with E-state index in [9.17, 15) is 4.79 Å². The van der Waals surface area contributed by atoms with E-state index < -0.39 is 0 Å². The summed E-state index contributed by atoms with van der Waals surface area (Å²) in [6, 6.07) is 0. The lowest BCUT2D eigenvalue weighted by molar-refractivity contribution is 0.684. The van der Waals surface area contributed by atoms with E-state index in [1.54, 1.807) is 4.57 Å². The molecule has 0 saturated heterocycles. The second-order valence-corrected chi connectivity index (χ2v) is 3.78. The van der Waals surface area contributed by atoms with Gasteiger partial charge in [0.15, 0.2) is 0 Å². The fourth-order valence-electron chi connectivity index (χ4n) is 1.02. The van der Waals surface area contributed by atoms with Gasteiger partial charge in [-0.15, -0.1) is 12.3 Å². The van der Waals surface area contributed by atoms with E-state index in [2.05, 4.69) is 5.92 Å². The molecule has 1 heterocycles. The molecule has 0 spiro atoms. The summed E-state index contributed by atoms with van der Waals surface area (Å²) >= 11 is 1.29. The van der Waals surface area contributed by atoms with Crippen molar-refractivity contribution in [2.75, 3.05) is 0 Å². The maximum Gasteiger partial charge on any atom is 0.307 e. The Kier molecular flexibility index (Phi) is 2.72. The summed E-state index contributed by atoms with van der Waals surface area (Å²) in [4.78, 5) is 12.5. The fraction of sp³-hybridized carbons (Fsp3) is 0.444. The van der Waals surface area contributed by atoms with E-state index >= 15 is 0 Å². The molecule has 0 saturated carbocycles. The Balaban J connectivity index is 2.99. The second-order valence-electron chi connectivity index (χ2n) is 2.62. The zero-order valence-electron chi connectivity index (χ0n) is 7.26. The Labute approximate surface area is 75.9 Å². The lowest BCUT2D eigenvalue weighted by atomic mass is 10.4. The minimum absolute atomic E-state index is 0.0975. The van der Waals surface area contributed by atoms with Crippen LogP contribution in [0.3, 0.4) is 0 Å². The lowest BCUT2D eigenvalue weighted by Gasteiger charge is -2.00. The van der Waals surface area contributed by atoms with Gasteiger partial charge in [0.25, 0.3) is 0 Å². The first kappa shape index (κ1) is 9.08. The summed E-state index contributed by atoms with van der Waals surface area (Å²) in [6.07, 6.45) is 5.74. The van der Waals surface area contributed by atoms with Crippen LogP contribution in [0.5, 0.6) is 0 Å². The van der Waals surface area contributed by atoms with Crippen molar-refractivity contribution in [3.8, 4) is 12.3 Å². The van der Waals surface area contributed by atoms with Gasteiger partial charge < -0.3 is 4.57 Å². The van der Waals surface area contributed by atoms with Crippen LogP contribution in [-0.4, -0.2) is 4.57 Å². The Hall–Kier alpha value is -1.01. The molecule has 0 atom stereocenters. The smallest absolute Gasteiger partial charge is 0.302 e. The number of hydrogen-bond acceptors (Lipinski definition) is 2. The average molecular weight is 181 g/mol. The molecule has 2 nitrogen and oxygen atoms in total. The lowest BCUT2D eigenvalue weighted by Crippen LogP contribution is -2.14.